The molecule has 0 fully saturated rings. The normalized spacial score (nSPS) is 10.7. The van der Waals surface area contributed by atoms with Gasteiger partial charge in [-0.1, -0.05) is 0 Å². The lowest BCUT2D eigenvalue weighted by atomic mass is 10.3. The molecule has 0 aromatic carbocycles. The van der Waals surface area contributed by atoms with E-state index in [2.05, 4.69) is 25.3 Å². The van der Waals surface area contributed by atoms with Gasteiger partial charge in [-0.3, -0.25) is 18.7 Å². The van der Waals surface area contributed by atoms with Crippen molar-refractivity contribution in [2.45, 2.75) is 13.8 Å². The maximum atomic E-state index is 12.4. The predicted octanol–water partition coefficient (Wildman–Crippen LogP) is 2.42. The van der Waals surface area contributed by atoms with Crippen molar-refractivity contribution in [1.29, 1.82) is 0 Å². The third-order valence-electron chi connectivity index (χ3n) is 4.55. The Labute approximate surface area is 177 Å². The van der Waals surface area contributed by atoms with Crippen molar-refractivity contribution in [2.75, 3.05) is 5.32 Å². The highest BCUT2D eigenvalue weighted by molar-refractivity contribution is 6.03. The van der Waals surface area contributed by atoms with E-state index in [1.807, 2.05) is 13.1 Å². The molecule has 0 spiro atoms. The standard InChI is InChI=1S/C21H19N7O3/c1-13-11-28(12-25-13)19-8-15(6-7-22-19)31-16-4-5-18(24-9-16)26-20(29)17-10-23-14(2)27(3)21(17)30/h4-12H,1-3H3,(H,24,26,29). The van der Waals surface area contributed by atoms with Crippen LogP contribution < -0.4 is 15.6 Å². The molecule has 0 bridgehead atoms. The van der Waals surface area contributed by atoms with Crippen LogP contribution in [0.4, 0.5) is 5.82 Å². The van der Waals surface area contributed by atoms with Crippen LogP contribution in [0.3, 0.4) is 0 Å². The number of hydrogen-bond acceptors (Lipinski definition) is 7. The first-order valence-corrected chi connectivity index (χ1v) is 9.35. The molecule has 0 atom stereocenters. The number of carbonyl (C=O) groups excluding carboxylic acids is 1. The maximum absolute atomic E-state index is 12.4. The van der Waals surface area contributed by atoms with Crippen molar-refractivity contribution in [1.82, 2.24) is 29.1 Å². The Morgan fingerprint density at radius 2 is 1.87 bits per heavy atom. The van der Waals surface area contributed by atoms with Crippen molar-refractivity contribution in [2.24, 2.45) is 7.05 Å². The Morgan fingerprint density at radius 1 is 1.03 bits per heavy atom. The van der Waals surface area contributed by atoms with Gasteiger partial charge in [-0.05, 0) is 32.0 Å². The third kappa shape index (κ3) is 4.32. The molecule has 156 valence electrons. The first kappa shape index (κ1) is 20.0. The van der Waals surface area contributed by atoms with Gasteiger partial charge in [-0.2, -0.15) is 0 Å². The fourth-order valence-electron chi connectivity index (χ4n) is 2.77. The number of aromatic nitrogens is 6. The number of imidazole rings is 1. The molecule has 0 aliphatic heterocycles. The molecule has 31 heavy (non-hydrogen) atoms. The second-order valence-corrected chi connectivity index (χ2v) is 6.79. The summed E-state index contributed by atoms with van der Waals surface area (Å²) in [5.41, 5.74) is 0.398. The molecule has 4 aromatic rings. The van der Waals surface area contributed by atoms with Crippen LogP contribution in [0.15, 0.2) is 60.2 Å². The van der Waals surface area contributed by atoms with E-state index >= 15 is 0 Å². The van der Waals surface area contributed by atoms with Gasteiger partial charge in [0.15, 0.2) is 0 Å². The van der Waals surface area contributed by atoms with Gasteiger partial charge < -0.3 is 10.1 Å². The van der Waals surface area contributed by atoms with E-state index in [0.29, 0.717) is 23.1 Å². The maximum Gasteiger partial charge on any atom is 0.266 e. The first-order chi connectivity index (χ1) is 14.9. The summed E-state index contributed by atoms with van der Waals surface area (Å²) in [4.78, 5) is 41.3. The molecule has 1 amide bonds. The molecular weight excluding hydrogens is 398 g/mol. The minimum atomic E-state index is -0.580. The largest absolute Gasteiger partial charge is 0.456 e. The molecule has 0 unspecified atom stereocenters. The summed E-state index contributed by atoms with van der Waals surface area (Å²) < 4.78 is 8.94. The van der Waals surface area contributed by atoms with Crippen LogP contribution in [0.25, 0.3) is 5.82 Å². The zero-order valence-electron chi connectivity index (χ0n) is 17.1. The second-order valence-electron chi connectivity index (χ2n) is 6.79. The van der Waals surface area contributed by atoms with E-state index in [1.54, 1.807) is 55.3 Å². The Kier molecular flexibility index (Phi) is 5.27. The molecular formula is C21H19N7O3. The van der Waals surface area contributed by atoms with Crippen LogP contribution in [0.2, 0.25) is 0 Å². The molecule has 4 aromatic heterocycles. The van der Waals surface area contributed by atoms with Gasteiger partial charge in [0.2, 0.25) is 0 Å². The summed E-state index contributed by atoms with van der Waals surface area (Å²) >= 11 is 0. The number of hydrogen-bond donors (Lipinski definition) is 1. The Balaban J connectivity index is 1.46. The van der Waals surface area contributed by atoms with E-state index in [1.165, 1.54) is 17.0 Å². The Bertz CT molecular complexity index is 1310. The molecule has 1 N–H and O–H groups in total. The van der Waals surface area contributed by atoms with Gasteiger partial charge in [0.05, 0.1) is 11.9 Å². The molecule has 0 radical (unpaired) electrons. The summed E-state index contributed by atoms with van der Waals surface area (Å²) in [7, 11) is 1.56. The lowest BCUT2D eigenvalue weighted by Crippen LogP contribution is -2.29. The van der Waals surface area contributed by atoms with Gasteiger partial charge >= 0.3 is 0 Å². The van der Waals surface area contributed by atoms with Gasteiger partial charge in [-0.25, -0.2) is 19.9 Å². The second kappa shape index (κ2) is 8.19. The van der Waals surface area contributed by atoms with Gasteiger partial charge in [0.1, 0.15) is 40.8 Å². The minimum Gasteiger partial charge on any atom is -0.456 e. The van der Waals surface area contributed by atoms with E-state index in [0.717, 1.165) is 5.69 Å². The predicted molar refractivity (Wildman–Crippen MR) is 113 cm³/mol. The van der Waals surface area contributed by atoms with Crippen LogP contribution in [0.5, 0.6) is 11.5 Å². The number of pyridine rings is 2. The fraction of sp³-hybridized carbons (Fsp3) is 0.143. The highest BCUT2D eigenvalue weighted by atomic mass is 16.5. The molecule has 0 saturated heterocycles. The van der Waals surface area contributed by atoms with Crippen LogP contribution in [-0.4, -0.2) is 35.0 Å². The molecule has 10 nitrogen and oxygen atoms in total. The number of amides is 1. The highest BCUT2D eigenvalue weighted by Crippen LogP contribution is 2.23. The summed E-state index contributed by atoms with van der Waals surface area (Å²) in [5, 5.41) is 2.59. The van der Waals surface area contributed by atoms with Crippen LogP contribution in [0.1, 0.15) is 21.9 Å². The zero-order chi connectivity index (χ0) is 22.0. The minimum absolute atomic E-state index is 0.0609. The van der Waals surface area contributed by atoms with Crippen molar-refractivity contribution >= 4 is 11.7 Å². The monoisotopic (exact) mass is 417 g/mol. The van der Waals surface area contributed by atoms with E-state index < -0.39 is 11.5 Å². The average molecular weight is 417 g/mol. The van der Waals surface area contributed by atoms with E-state index in [4.69, 9.17) is 4.74 Å². The molecule has 0 aliphatic carbocycles. The molecule has 0 saturated carbocycles. The topological polar surface area (TPSA) is 117 Å². The van der Waals surface area contributed by atoms with Crippen molar-refractivity contribution in [3.63, 3.8) is 0 Å². The smallest absolute Gasteiger partial charge is 0.266 e. The number of ether oxygens (including phenoxy) is 1. The Hall–Kier alpha value is -4.34. The summed E-state index contributed by atoms with van der Waals surface area (Å²) in [6.45, 7) is 3.58. The van der Waals surface area contributed by atoms with E-state index in [-0.39, 0.29) is 11.4 Å². The summed E-state index contributed by atoms with van der Waals surface area (Å²) in [6.07, 6.45) is 7.91. The average Bonchev–Trinajstić information content (AvgIpc) is 3.20. The number of nitrogens with one attached hydrogen (secondary N) is 1. The lowest BCUT2D eigenvalue weighted by molar-refractivity contribution is 0.102. The quantitative estimate of drug-likeness (QED) is 0.530. The van der Waals surface area contributed by atoms with Gasteiger partial charge in [-0.15, -0.1) is 0 Å². The van der Waals surface area contributed by atoms with Crippen molar-refractivity contribution < 1.29 is 9.53 Å². The van der Waals surface area contributed by atoms with Crippen LogP contribution >= 0.6 is 0 Å². The lowest BCUT2D eigenvalue weighted by Gasteiger charge is -2.09. The number of anilines is 1. The van der Waals surface area contributed by atoms with Gasteiger partial charge in [0, 0.05) is 31.7 Å². The molecule has 4 rings (SSSR count). The van der Waals surface area contributed by atoms with Crippen LogP contribution in [-0.2, 0) is 7.05 Å². The summed E-state index contributed by atoms with van der Waals surface area (Å²) in [6, 6.07) is 6.75. The first-order valence-electron chi connectivity index (χ1n) is 9.35. The summed E-state index contributed by atoms with van der Waals surface area (Å²) in [5.74, 6) is 1.94. The number of nitrogens with zero attached hydrogens (tertiary/aromatic N) is 6. The number of aryl methyl sites for hydroxylation is 2. The van der Waals surface area contributed by atoms with Gasteiger partial charge in [0.25, 0.3) is 11.5 Å². The highest BCUT2D eigenvalue weighted by Gasteiger charge is 2.14. The number of carbonyl (C=O) groups is 1. The van der Waals surface area contributed by atoms with Crippen molar-refractivity contribution in [3.05, 3.63) is 82.8 Å². The third-order valence-corrected chi connectivity index (χ3v) is 4.55. The SMILES string of the molecule is Cc1cn(-c2cc(Oc3ccc(NC(=O)c4cnc(C)n(C)c4=O)nc3)ccn2)cn1. The Morgan fingerprint density at radius 3 is 2.58 bits per heavy atom. The zero-order valence-corrected chi connectivity index (χ0v) is 17.1. The molecule has 10 heteroatoms. The molecule has 0 aliphatic rings. The van der Waals surface area contributed by atoms with Crippen LogP contribution in [0, 0.1) is 13.8 Å². The van der Waals surface area contributed by atoms with Crippen molar-refractivity contribution in [3.8, 4) is 17.3 Å². The number of rotatable bonds is 5. The fourth-order valence-corrected chi connectivity index (χ4v) is 2.77. The van der Waals surface area contributed by atoms with E-state index in [9.17, 15) is 9.59 Å². The molecule has 4 heterocycles.